The third kappa shape index (κ3) is 5.27. The Morgan fingerprint density at radius 3 is 2.50 bits per heavy atom. The van der Waals surface area contributed by atoms with E-state index in [-0.39, 0.29) is 23.2 Å². The average molecular weight is 528 g/mol. The molecule has 2 heterocycles. The van der Waals surface area contributed by atoms with Gasteiger partial charge < -0.3 is 19.9 Å². The molecule has 38 heavy (non-hydrogen) atoms. The number of nitrogens with zero attached hydrogens (tertiary/aromatic N) is 4. The van der Waals surface area contributed by atoms with Crippen LogP contribution in [0.25, 0.3) is 0 Å². The van der Waals surface area contributed by atoms with Gasteiger partial charge in [-0.25, -0.2) is 0 Å². The fourth-order valence-corrected chi connectivity index (χ4v) is 5.35. The second kappa shape index (κ2) is 10.4. The second-order valence-corrected chi connectivity index (χ2v) is 10.6. The molecule has 0 radical (unpaired) electrons. The van der Waals surface area contributed by atoms with Gasteiger partial charge in [0.05, 0.1) is 18.7 Å². The number of carbonyl (C=O) groups is 1. The Hall–Kier alpha value is -3.40. The molecule has 1 aromatic heterocycles. The number of halogens is 3. The highest BCUT2D eigenvalue weighted by atomic mass is 19.4. The van der Waals surface area contributed by atoms with Gasteiger partial charge in [-0.2, -0.15) is 13.2 Å². The number of benzene rings is 2. The number of aliphatic hydroxyl groups excluding tert-OH is 1. The molecule has 6 rings (SSSR count). The number of fused-ring (bicyclic) bond motifs is 1. The van der Waals surface area contributed by atoms with Crippen LogP contribution in [0.5, 0.6) is 0 Å². The van der Waals surface area contributed by atoms with Crippen molar-refractivity contribution in [1.82, 2.24) is 14.8 Å². The molecule has 2 aliphatic carbocycles. The minimum atomic E-state index is -4.58. The maximum Gasteiger partial charge on any atom is 0.416 e. The highest BCUT2D eigenvalue weighted by molar-refractivity contribution is 6.10. The molecular formula is C28H32F3N5O2. The third-order valence-electron chi connectivity index (χ3n) is 7.71. The van der Waals surface area contributed by atoms with Crippen LogP contribution in [-0.2, 0) is 26.4 Å². The molecule has 0 saturated heterocycles. The van der Waals surface area contributed by atoms with E-state index < -0.39 is 24.3 Å². The zero-order chi connectivity index (χ0) is 27.0. The van der Waals surface area contributed by atoms with Crippen molar-refractivity contribution in [1.29, 1.82) is 0 Å². The quantitative estimate of drug-likeness (QED) is 0.448. The topological polar surface area (TPSA) is 83.3 Å². The molecule has 3 aliphatic rings. The Morgan fingerprint density at radius 1 is 1.16 bits per heavy atom. The van der Waals surface area contributed by atoms with E-state index in [9.17, 15) is 23.1 Å². The van der Waals surface area contributed by atoms with E-state index >= 15 is 0 Å². The lowest BCUT2D eigenvalue weighted by atomic mass is 9.76. The van der Waals surface area contributed by atoms with Crippen LogP contribution in [0.1, 0.15) is 77.8 Å². The van der Waals surface area contributed by atoms with Crippen LogP contribution in [0.15, 0.2) is 42.7 Å². The summed E-state index contributed by atoms with van der Waals surface area (Å²) >= 11 is 0. The van der Waals surface area contributed by atoms with E-state index in [0.29, 0.717) is 17.6 Å². The molecular weight excluding hydrogens is 495 g/mol. The summed E-state index contributed by atoms with van der Waals surface area (Å²) in [5.74, 6) is 2.24. The molecule has 0 bridgehead atoms. The summed E-state index contributed by atoms with van der Waals surface area (Å²) < 4.78 is 42.4. The van der Waals surface area contributed by atoms with Gasteiger partial charge in [-0.1, -0.05) is 13.0 Å². The summed E-state index contributed by atoms with van der Waals surface area (Å²) in [6.45, 7) is 1.60. The van der Waals surface area contributed by atoms with Crippen molar-refractivity contribution in [3.05, 3.63) is 70.8 Å². The molecule has 2 aromatic carbocycles. The molecule has 202 valence electrons. The monoisotopic (exact) mass is 527 g/mol. The Bertz CT molecular complexity index is 1310. The lowest BCUT2D eigenvalue weighted by molar-refractivity contribution is -0.138. The first-order valence-corrected chi connectivity index (χ1v) is 13.0. The van der Waals surface area contributed by atoms with Crippen LogP contribution < -0.4 is 10.2 Å². The minimum Gasteiger partial charge on any atom is -0.392 e. The summed E-state index contributed by atoms with van der Waals surface area (Å²) in [5, 5.41) is 20.6. The third-order valence-corrected chi connectivity index (χ3v) is 7.71. The van der Waals surface area contributed by atoms with Crippen molar-refractivity contribution < 1.29 is 23.1 Å². The maximum atomic E-state index is 13.4. The van der Waals surface area contributed by atoms with E-state index in [1.54, 1.807) is 24.5 Å². The number of aliphatic hydroxyl groups is 1. The molecule has 2 N–H and O–H groups in total. The van der Waals surface area contributed by atoms with Gasteiger partial charge in [0.25, 0.3) is 5.91 Å². The summed E-state index contributed by atoms with van der Waals surface area (Å²) in [4.78, 5) is 14.2. The van der Waals surface area contributed by atoms with Gasteiger partial charge in [0, 0.05) is 35.9 Å². The fourth-order valence-electron chi connectivity index (χ4n) is 5.35. The zero-order valence-corrected chi connectivity index (χ0v) is 21.5. The van der Waals surface area contributed by atoms with Crippen molar-refractivity contribution in [2.24, 2.45) is 13.0 Å². The van der Waals surface area contributed by atoms with Crippen LogP contribution in [-0.4, -0.2) is 31.8 Å². The maximum absolute atomic E-state index is 13.4. The van der Waals surface area contributed by atoms with E-state index in [0.717, 1.165) is 36.3 Å². The van der Waals surface area contributed by atoms with Crippen LogP contribution >= 0.6 is 0 Å². The first-order valence-electron chi connectivity index (χ1n) is 13.0. The van der Waals surface area contributed by atoms with E-state index in [1.807, 2.05) is 17.7 Å². The molecule has 1 amide bonds. The number of carbonyl (C=O) groups excluding carboxylic acids is 1. The lowest BCUT2D eigenvalue weighted by Gasteiger charge is -2.31. The molecule has 2 fully saturated rings. The molecule has 10 heteroatoms. The number of amides is 1. The smallest absolute Gasteiger partial charge is 0.392 e. The summed E-state index contributed by atoms with van der Waals surface area (Å²) in [5.41, 5.74) is 0.598. The second-order valence-electron chi connectivity index (χ2n) is 10.6. The highest BCUT2D eigenvalue weighted by Crippen LogP contribution is 2.41. The van der Waals surface area contributed by atoms with Crippen molar-refractivity contribution in [3.63, 3.8) is 0 Å². The molecule has 7 nitrogen and oxygen atoms in total. The summed E-state index contributed by atoms with van der Waals surface area (Å²) in [7, 11) is 2.01. The molecule has 1 aliphatic heterocycles. The van der Waals surface area contributed by atoms with Crippen molar-refractivity contribution in [3.8, 4) is 0 Å². The number of aromatic nitrogens is 3. The number of aryl methyl sites for hydroxylation is 1. The zero-order valence-electron chi connectivity index (χ0n) is 21.5. The number of rotatable bonds is 5. The minimum absolute atomic E-state index is 0.00577. The fraction of sp³-hybridized carbons (Fsp3) is 0.464. The number of alkyl halides is 3. The van der Waals surface area contributed by atoms with Gasteiger partial charge in [0.1, 0.15) is 12.2 Å². The predicted octanol–water partition coefficient (Wildman–Crippen LogP) is 5.65. The van der Waals surface area contributed by atoms with Gasteiger partial charge in [-0.05, 0) is 79.5 Å². The van der Waals surface area contributed by atoms with Crippen LogP contribution in [0, 0.1) is 5.92 Å². The van der Waals surface area contributed by atoms with Crippen molar-refractivity contribution in [2.75, 3.05) is 10.2 Å². The Morgan fingerprint density at radius 2 is 1.92 bits per heavy atom. The van der Waals surface area contributed by atoms with Crippen molar-refractivity contribution >= 4 is 17.3 Å². The Labute approximate surface area is 219 Å². The van der Waals surface area contributed by atoms with Crippen LogP contribution in [0.3, 0.4) is 0 Å². The SMILES string of the molecule is CC1CC(c2nncn2C)C1.O=C1c2cc(CO)cc(C(F)(F)F)c2CN1c1cccc(NC2CCC2)c1. The van der Waals surface area contributed by atoms with Crippen LogP contribution in [0.4, 0.5) is 24.5 Å². The van der Waals surface area contributed by atoms with Gasteiger partial charge in [-0.3, -0.25) is 4.79 Å². The van der Waals surface area contributed by atoms with E-state index in [1.165, 1.54) is 30.2 Å². The average Bonchev–Trinajstić information content (AvgIpc) is 3.41. The van der Waals surface area contributed by atoms with E-state index in [4.69, 9.17) is 0 Å². The van der Waals surface area contributed by atoms with Gasteiger partial charge >= 0.3 is 6.18 Å². The molecule has 3 aromatic rings. The number of anilines is 2. The first kappa shape index (κ1) is 26.2. The summed E-state index contributed by atoms with van der Waals surface area (Å²) in [6, 6.07) is 9.87. The predicted molar refractivity (Wildman–Crippen MR) is 138 cm³/mol. The molecule has 0 spiro atoms. The van der Waals surface area contributed by atoms with Gasteiger partial charge in [-0.15, -0.1) is 10.2 Å². The number of nitrogens with one attached hydrogen (secondary N) is 1. The van der Waals surface area contributed by atoms with E-state index in [2.05, 4.69) is 22.4 Å². The molecule has 0 unspecified atom stereocenters. The molecule has 0 atom stereocenters. The summed E-state index contributed by atoms with van der Waals surface area (Å²) in [6.07, 6.45) is 3.13. The van der Waals surface area contributed by atoms with Gasteiger partial charge in [0.2, 0.25) is 0 Å². The largest absolute Gasteiger partial charge is 0.416 e. The Balaban J connectivity index is 0.000000222. The van der Waals surface area contributed by atoms with Crippen LogP contribution in [0.2, 0.25) is 0 Å². The van der Waals surface area contributed by atoms with Crippen molar-refractivity contribution in [2.45, 2.75) is 70.3 Å². The standard InChI is InChI=1S/C20H19F3N2O2.C8H13N3/c21-20(22,23)18-8-12(11-26)7-16-17(18)10-25(19(16)27)15-6-2-5-14(9-15)24-13-3-1-4-13;1-6-3-7(4-6)8-10-9-5-11(8)2/h2,5-9,13,24,26H,1,3-4,10-11H2;5-7H,3-4H2,1-2H3. The van der Waals surface area contributed by atoms with Gasteiger partial charge in [0.15, 0.2) is 0 Å². The molecule has 2 saturated carbocycles. The lowest BCUT2D eigenvalue weighted by Crippen LogP contribution is -2.27. The number of hydrogen-bond donors (Lipinski definition) is 2. The number of hydrogen-bond acceptors (Lipinski definition) is 5. The first-order chi connectivity index (χ1) is 18.1. The normalized spacial score (nSPS) is 20.8. The Kier molecular flexibility index (Phi) is 7.17. The highest BCUT2D eigenvalue weighted by Gasteiger charge is 2.40.